The standard InChI is InChI=1S/C26H30N5O2/c1-32-26-15-21(11-12-25(26)33-23-8-3-2-4-9-23)30(24-10-6-5-7-20(24)16-27)31-14-13-28-17-22(31)18-29-19-31/h2-4,8-9,11-15,17-20,24H,5-7,10,16,27H2,1H3/q+1. The molecule has 5 rings (SSSR count). The van der Waals surface area contributed by atoms with Crippen LogP contribution in [0.15, 0.2) is 82.8 Å². The first-order valence-electron chi connectivity index (χ1n) is 11.5. The number of anilines is 1. The van der Waals surface area contributed by atoms with Gasteiger partial charge in [0.15, 0.2) is 17.7 Å². The lowest BCUT2D eigenvalue weighted by atomic mass is 9.83. The first-order valence-corrected chi connectivity index (χ1v) is 11.5. The zero-order valence-electron chi connectivity index (χ0n) is 18.9. The molecule has 2 aliphatic heterocycles. The molecule has 170 valence electrons. The van der Waals surface area contributed by atoms with E-state index in [0.717, 1.165) is 30.0 Å². The van der Waals surface area contributed by atoms with Crippen LogP contribution in [0.5, 0.6) is 17.2 Å². The van der Waals surface area contributed by atoms with Gasteiger partial charge in [0.05, 0.1) is 37.5 Å². The topological polar surface area (TPSA) is 72.4 Å². The van der Waals surface area contributed by atoms with E-state index in [4.69, 9.17) is 15.2 Å². The predicted molar refractivity (Wildman–Crippen MR) is 131 cm³/mol. The Morgan fingerprint density at radius 1 is 1.06 bits per heavy atom. The third-order valence-electron chi connectivity index (χ3n) is 6.68. The number of ether oxygens (including phenoxy) is 2. The predicted octanol–water partition coefficient (Wildman–Crippen LogP) is 4.98. The first-order chi connectivity index (χ1) is 16.2. The maximum Gasteiger partial charge on any atom is 0.225 e. The van der Waals surface area contributed by atoms with Gasteiger partial charge in [-0.15, -0.1) is 4.59 Å². The molecule has 2 aromatic carbocycles. The number of allylic oxidation sites excluding steroid dienone is 1. The SMILES string of the molecule is COc1cc(N(C2CCCCC2CN)[N+]23C=CN=CC2=CN=C3)ccc1Oc1ccccc1. The summed E-state index contributed by atoms with van der Waals surface area (Å²) in [7, 11) is 1.67. The fraction of sp³-hybridized carbons (Fsp3) is 0.308. The molecule has 7 heteroatoms. The molecule has 3 atom stereocenters. The molecule has 33 heavy (non-hydrogen) atoms. The Labute approximate surface area is 194 Å². The Kier molecular flexibility index (Phi) is 5.98. The number of para-hydroxylation sites is 1. The third-order valence-corrected chi connectivity index (χ3v) is 6.68. The minimum atomic E-state index is 0.249. The lowest BCUT2D eigenvalue weighted by molar-refractivity contribution is -0.746. The van der Waals surface area contributed by atoms with Crippen molar-refractivity contribution in [3.8, 4) is 17.2 Å². The molecule has 0 radical (unpaired) electrons. The number of nitrogens with two attached hydrogens (primary N) is 1. The van der Waals surface area contributed by atoms with Crippen LogP contribution in [0.25, 0.3) is 0 Å². The minimum Gasteiger partial charge on any atom is -0.493 e. The molecule has 2 N–H and O–H groups in total. The zero-order valence-corrected chi connectivity index (χ0v) is 18.9. The van der Waals surface area contributed by atoms with E-state index < -0.39 is 0 Å². The van der Waals surface area contributed by atoms with Crippen LogP contribution in [0.3, 0.4) is 0 Å². The van der Waals surface area contributed by atoms with E-state index in [1.807, 2.05) is 61.4 Å². The van der Waals surface area contributed by atoms with Crippen LogP contribution in [-0.4, -0.2) is 36.8 Å². The number of rotatable bonds is 7. The van der Waals surface area contributed by atoms with E-state index in [-0.39, 0.29) is 6.04 Å². The lowest BCUT2D eigenvalue weighted by Crippen LogP contribution is -2.62. The number of nitrogens with zero attached hydrogens (tertiary/aromatic N) is 4. The van der Waals surface area contributed by atoms with Crippen molar-refractivity contribution in [3.63, 3.8) is 0 Å². The van der Waals surface area contributed by atoms with Gasteiger partial charge < -0.3 is 15.2 Å². The third kappa shape index (κ3) is 3.94. The fourth-order valence-corrected chi connectivity index (χ4v) is 5.04. The van der Waals surface area contributed by atoms with Gasteiger partial charge in [0.25, 0.3) is 0 Å². The molecule has 2 aromatic rings. The van der Waals surface area contributed by atoms with Gasteiger partial charge >= 0.3 is 0 Å². The maximum atomic E-state index is 6.27. The summed E-state index contributed by atoms with van der Waals surface area (Å²) in [6, 6.07) is 16.1. The van der Waals surface area contributed by atoms with E-state index in [1.54, 1.807) is 7.11 Å². The van der Waals surface area contributed by atoms with Crippen LogP contribution in [0.4, 0.5) is 5.69 Å². The molecule has 0 spiro atoms. The van der Waals surface area contributed by atoms with Crippen molar-refractivity contribution >= 4 is 18.2 Å². The molecule has 0 saturated heterocycles. The summed E-state index contributed by atoms with van der Waals surface area (Å²) in [5, 5.41) is 2.41. The summed E-state index contributed by atoms with van der Waals surface area (Å²) in [6.45, 7) is 0.654. The summed E-state index contributed by atoms with van der Waals surface area (Å²) in [5.74, 6) is 2.51. The van der Waals surface area contributed by atoms with Crippen molar-refractivity contribution < 1.29 is 14.1 Å². The molecule has 1 saturated carbocycles. The van der Waals surface area contributed by atoms with Crippen LogP contribution < -0.4 is 20.2 Å². The van der Waals surface area contributed by atoms with E-state index in [0.29, 0.717) is 28.6 Å². The number of hydrogen-bond donors (Lipinski definition) is 1. The van der Waals surface area contributed by atoms with Crippen molar-refractivity contribution in [3.05, 3.63) is 72.8 Å². The van der Waals surface area contributed by atoms with Gasteiger partial charge in [-0.2, -0.15) is 0 Å². The number of quaternary nitrogens is 1. The Hall–Kier alpha value is -3.42. The normalized spacial score (nSPS) is 25.5. The molecule has 1 fully saturated rings. The van der Waals surface area contributed by atoms with Crippen molar-refractivity contribution in [1.82, 2.24) is 0 Å². The monoisotopic (exact) mass is 444 g/mol. The molecular weight excluding hydrogens is 414 g/mol. The summed E-state index contributed by atoms with van der Waals surface area (Å²) in [6.07, 6.45) is 14.2. The summed E-state index contributed by atoms with van der Waals surface area (Å²) < 4.78 is 12.2. The first kappa shape index (κ1) is 21.4. The molecule has 3 unspecified atom stereocenters. The van der Waals surface area contributed by atoms with E-state index in [9.17, 15) is 0 Å². The van der Waals surface area contributed by atoms with Crippen molar-refractivity contribution in [2.24, 2.45) is 21.6 Å². The highest BCUT2D eigenvalue weighted by molar-refractivity contribution is 5.82. The van der Waals surface area contributed by atoms with Crippen molar-refractivity contribution in [2.75, 3.05) is 18.7 Å². The molecule has 0 bridgehead atoms. The van der Waals surface area contributed by atoms with Crippen LogP contribution in [0.2, 0.25) is 0 Å². The minimum absolute atomic E-state index is 0.249. The summed E-state index contributed by atoms with van der Waals surface area (Å²) >= 11 is 0. The van der Waals surface area contributed by atoms with Crippen LogP contribution in [0.1, 0.15) is 25.7 Å². The molecule has 2 heterocycles. The molecule has 7 nitrogen and oxygen atoms in total. The Morgan fingerprint density at radius 2 is 1.91 bits per heavy atom. The Bertz CT molecular complexity index is 1110. The maximum absolute atomic E-state index is 6.27. The average Bonchev–Trinajstić information content (AvgIpc) is 3.30. The molecule has 3 aliphatic rings. The van der Waals surface area contributed by atoms with Gasteiger partial charge in [-0.1, -0.05) is 31.0 Å². The number of benzene rings is 2. The van der Waals surface area contributed by atoms with Gasteiger partial charge in [0.2, 0.25) is 12.0 Å². The second-order valence-corrected chi connectivity index (χ2v) is 8.58. The highest BCUT2D eigenvalue weighted by Crippen LogP contribution is 2.42. The Morgan fingerprint density at radius 3 is 2.73 bits per heavy atom. The Balaban J connectivity index is 1.58. The molecule has 1 aliphatic carbocycles. The smallest absolute Gasteiger partial charge is 0.225 e. The van der Waals surface area contributed by atoms with Crippen molar-refractivity contribution in [1.29, 1.82) is 0 Å². The molecule has 0 aromatic heterocycles. The van der Waals surface area contributed by atoms with Gasteiger partial charge in [-0.3, -0.25) is 4.99 Å². The lowest BCUT2D eigenvalue weighted by Gasteiger charge is -2.47. The summed E-state index contributed by atoms with van der Waals surface area (Å²) in [5.41, 5.74) is 8.30. The molecule has 0 amide bonds. The van der Waals surface area contributed by atoms with Crippen LogP contribution >= 0.6 is 0 Å². The number of fused-ring (bicyclic) bond motifs is 1. The number of aliphatic imine (C=N–C) groups is 2. The van der Waals surface area contributed by atoms with Crippen molar-refractivity contribution in [2.45, 2.75) is 31.7 Å². The second-order valence-electron chi connectivity index (χ2n) is 8.58. The summed E-state index contributed by atoms with van der Waals surface area (Å²) in [4.78, 5) is 8.88. The van der Waals surface area contributed by atoms with Gasteiger partial charge in [-0.05, 0) is 49.6 Å². The van der Waals surface area contributed by atoms with Gasteiger partial charge in [-0.25, -0.2) is 10.0 Å². The van der Waals surface area contributed by atoms with Gasteiger partial charge in [0, 0.05) is 6.07 Å². The van der Waals surface area contributed by atoms with E-state index in [1.165, 1.54) is 12.8 Å². The number of hydrogen-bond acceptors (Lipinski definition) is 6. The number of methoxy groups -OCH3 is 1. The van der Waals surface area contributed by atoms with E-state index in [2.05, 4.69) is 33.3 Å². The highest BCUT2D eigenvalue weighted by atomic mass is 16.5. The van der Waals surface area contributed by atoms with Crippen LogP contribution in [-0.2, 0) is 0 Å². The quantitative estimate of drug-likeness (QED) is 0.611. The fourth-order valence-electron chi connectivity index (χ4n) is 5.04. The van der Waals surface area contributed by atoms with Gasteiger partial charge in [0.1, 0.15) is 5.75 Å². The zero-order chi connectivity index (χ0) is 22.7. The second kappa shape index (κ2) is 9.21. The van der Waals surface area contributed by atoms with Crippen LogP contribution in [0, 0.1) is 5.92 Å². The van der Waals surface area contributed by atoms with E-state index >= 15 is 0 Å². The highest BCUT2D eigenvalue weighted by Gasteiger charge is 2.47. The molecular formula is C26H30N5O2+. The largest absolute Gasteiger partial charge is 0.493 e. The average molecular weight is 445 g/mol.